The first-order chi connectivity index (χ1) is 9.13. The van der Waals surface area contributed by atoms with Crippen LogP contribution in [0, 0.1) is 5.92 Å². The predicted molar refractivity (Wildman–Crippen MR) is 78.4 cm³/mol. The highest BCUT2D eigenvalue weighted by Crippen LogP contribution is 2.39. The first kappa shape index (κ1) is 14.4. The molecular weight excluding hydrogens is 258 g/mol. The third-order valence-corrected chi connectivity index (χ3v) is 4.77. The largest absolute Gasteiger partial charge is 0.396 e. The second-order valence-corrected chi connectivity index (χ2v) is 6.33. The third-order valence-electron chi connectivity index (χ3n) is 3.59. The number of aliphatic hydroxyl groups excluding tert-OH is 1. The minimum absolute atomic E-state index is 0.0512. The van der Waals surface area contributed by atoms with E-state index in [1.54, 1.807) is 11.8 Å². The second kappa shape index (κ2) is 6.44. The Hall–Kier alpha value is -1.00. The molecule has 2 unspecified atom stereocenters. The summed E-state index contributed by atoms with van der Waals surface area (Å²) >= 11 is 1.74. The monoisotopic (exact) mass is 279 g/mol. The normalized spacial score (nSPS) is 19.3. The quantitative estimate of drug-likeness (QED) is 0.870. The molecule has 1 amide bonds. The zero-order valence-corrected chi connectivity index (χ0v) is 12.2. The first-order valence-corrected chi connectivity index (χ1v) is 7.75. The van der Waals surface area contributed by atoms with Gasteiger partial charge in [-0.2, -0.15) is 0 Å². The number of thioether (sulfide) groups is 1. The van der Waals surface area contributed by atoms with Crippen LogP contribution < -0.4 is 5.32 Å². The smallest absolute Gasteiger partial charge is 0.228 e. The summed E-state index contributed by atoms with van der Waals surface area (Å²) < 4.78 is 0. The molecule has 104 valence electrons. The fourth-order valence-corrected chi connectivity index (χ4v) is 3.60. The Kier molecular flexibility index (Phi) is 4.88. The Morgan fingerprint density at radius 1 is 1.47 bits per heavy atom. The Morgan fingerprint density at radius 2 is 2.21 bits per heavy atom. The van der Waals surface area contributed by atoms with E-state index in [0.29, 0.717) is 12.3 Å². The van der Waals surface area contributed by atoms with Crippen LogP contribution in [0.2, 0.25) is 0 Å². The summed E-state index contributed by atoms with van der Waals surface area (Å²) in [4.78, 5) is 13.6. The molecule has 1 aromatic carbocycles. The van der Waals surface area contributed by atoms with E-state index in [1.807, 2.05) is 18.2 Å². The van der Waals surface area contributed by atoms with E-state index in [2.05, 4.69) is 25.2 Å². The number of benzene rings is 1. The predicted octanol–water partition coefficient (Wildman–Crippen LogP) is 2.40. The molecule has 0 aromatic heterocycles. The molecular formula is C15H21NO2S. The molecule has 2 N–H and O–H groups in total. The lowest BCUT2D eigenvalue weighted by molar-refractivity contribution is -0.123. The van der Waals surface area contributed by atoms with E-state index >= 15 is 0 Å². The summed E-state index contributed by atoms with van der Waals surface area (Å²) in [6.45, 7) is 4.25. The van der Waals surface area contributed by atoms with Crippen molar-refractivity contribution in [3.8, 4) is 0 Å². The molecule has 0 bridgehead atoms. The van der Waals surface area contributed by atoms with Crippen LogP contribution in [-0.2, 0) is 4.79 Å². The van der Waals surface area contributed by atoms with Gasteiger partial charge in [-0.25, -0.2) is 0 Å². The molecule has 0 saturated heterocycles. The standard InChI is InChI=1S/C15H21NO2S/c1-10(2)13(7-8-17)16-15(18)12-9-19-14-6-4-3-5-11(12)14/h3-6,10,12-13,17H,7-9H2,1-2H3,(H,16,18). The number of amides is 1. The van der Waals surface area contributed by atoms with Crippen molar-refractivity contribution < 1.29 is 9.90 Å². The number of fused-ring (bicyclic) bond motifs is 1. The number of nitrogens with one attached hydrogen (secondary N) is 1. The zero-order chi connectivity index (χ0) is 13.8. The summed E-state index contributed by atoms with van der Waals surface area (Å²) in [6.07, 6.45) is 0.616. The van der Waals surface area contributed by atoms with Gasteiger partial charge >= 0.3 is 0 Å². The van der Waals surface area contributed by atoms with Crippen molar-refractivity contribution in [2.75, 3.05) is 12.4 Å². The fraction of sp³-hybridized carbons (Fsp3) is 0.533. The maximum atomic E-state index is 12.4. The molecule has 2 atom stereocenters. The van der Waals surface area contributed by atoms with Gasteiger partial charge in [-0.3, -0.25) is 4.79 Å². The van der Waals surface area contributed by atoms with E-state index in [0.717, 1.165) is 11.3 Å². The molecule has 1 aromatic rings. The first-order valence-electron chi connectivity index (χ1n) is 6.76. The van der Waals surface area contributed by atoms with Crippen LogP contribution in [0.1, 0.15) is 31.7 Å². The van der Waals surface area contributed by atoms with Crippen LogP contribution in [0.4, 0.5) is 0 Å². The fourth-order valence-electron chi connectivity index (χ4n) is 2.37. The minimum Gasteiger partial charge on any atom is -0.396 e. The molecule has 2 rings (SSSR count). The highest BCUT2D eigenvalue weighted by Gasteiger charge is 2.30. The average Bonchev–Trinajstić information content (AvgIpc) is 2.81. The van der Waals surface area contributed by atoms with Gasteiger partial charge in [0.15, 0.2) is 0 Å². The van der Waals surface area contributed by atoms with Crippen molar-refractivity contribution >= 4 is 17.7 Å². The topological polar surface area (TPSA) is 49.3 Å². The van der Waals surface area contributed by atoms with Crippen molar-refractivity contribution in [3.63, 3.8) is 0 Å². The molecule has 3 nitrogen and oxygen atoms in total. The van der Waals surface area contributed by atoms with E-state index < -0.39 is 0 Å². The lowest BCUT2D eigenvalue weighted by Gasteiger charge is -2.23. The molecule has 1 aliphatic rings. The van der Waals surface area contributed by atoms with Crippen molar-refractivity contribution in [2.45, 2.75) is 37.1 Å². The van der Waals surface area contributed by atoms with Crippen molar-refractivity contribution in [2.24, 2.45) is 5.92 Å². The van der Waals surface area contributed by atoms with Gasteiger partial charge in [-0.1, -0.05) is 32.0 Å². The number of carbonyl (C=O) groups excluding carboxylic acids is 1. The average molecular weight is 279 g/mol. The zero-order valence-electron chi connectivity index (χ0n) is 11.4. The van der Waals surface area contributed by atoms with Crippen molar-refractivity contribution in [1.82, 2.24) is 5.32 Å². The van der Waals surface area contributed by atoms with E-state index in [4.69, 9.17) is 5.11 Å². The molecule has 19 heavy (non-hydrogen) atoms. The van der Waals surface area contributed by atoms with Crippen LogP contribution in [0.3, 0.4) is 0 Å². The maximum Gasteiger partial charge on any atom is 0.228 e. The van der Waals surface area contributed by atoms with Gasteiger partial charge in [0.25, 0.3) is 0 Å². The molecule has 0 saturated carbocycles. The van der Waals surface area contributed by atoms with Gasteiger partial charge in [0.05, 0.1) is 5.92 Å². The highest BCUT2D eigenvalue weighted by atomic mass is 32.2. The van der Waals surface area contributed by atoms with Crippen molar-refractivity contribution in [3.05, 3.63) is 29.8 Å². The molecule has 0 aliphatic carbocycles. The SMILES string of the molecule is CC(C)C(CCO)NC(=O)C1CSc2ccccc21. The Bertz CT molecular complexity index is 448. The summed E-state index contributed by atoms with van der Waals surface area (Å²) in [5, 5.41) is 12.2. The Balaban J connectivity index is 2.05. The van der Waals surface area contributed by atoms with Gasteiger partial charge in [-0.05, 0) is 24.0 Å². The van der Waals surface area contributed by atoms with Crippen LogP contribution in [0.25, 0.3) is 0 Å². The van der Waals surface area contributed by atoms with Gasteiger partial charge in [0.1, 0.15) is 0 Å². The maximum absolute atomic E-state index is 12.4. The van der Waals surface area contributed by atoms with E-state index in [-0.39, 0.29) is 24.5 Å². The molecule has 0 spiro atoms. The number of hydrogen-bond donors (Lipinski definition) is 2. The lowest BCUT2D eigenvalue weighted by atomic mass is 9.97. The van der Waals surface area contributed by atoms with E-state index in [1.165, 1.54) is 4.90 Å². The number of aliphatic hydroxyl groups is 1. The summed E-state index contributed by atoms with van der Waals surface area (Å²) in [7, 11) is 0. The highest BCUT2D eigenvalue weighted by molar-refractivity contribution is 7.99. The third kappa shape index (κ3) is 3.31. The minimum atomic E-state index is -0.0545. The number of carbonyl (C=O) groups is 1. The van der Waals surface area contributed by atoms with E-state index in [9.17, 15) is 4.79 Å². The van der Waals surface area contributed by atoms with Gasteiger partial charge in [-0.15, -0.1) is 11.8 Å². The van der Waals surface area contributed by atoms with Gasteiger partial charge in [0, 0.05) is 23.3 Å². The van der Waals surface area contributed by atoms with Gasteiger partial charge < -0.3 is 10.4 Å². The Morgan fingerprint density at radius 3 is 2.89 bits per heavy atom. The van der Waals surface area contributed by atoms with Crippen LogP contribution in [0.5, 0.6) is 0 Å². The number of rotatable bonds is 5. The molecule has 1 aliphatic heterocycles. The molecule has 4 heteroatoms. The summed E-state index contributed by atoms with van der Waals surface area (Å²) in [5.41, 5.74) is 1.14. The summed E-state index contributed by atoms with van der Waals surface area (Å²) in [5.74, 6) is 1.18. The molecule has 0 fully saturated rings. The van der Waals surface area contributed by atoms with Gasteiger partial charge in [0.2, 0.25) is 5.91 Å². The molecule has 1 heterocycles. The lowest BCUT2D eigenvalue weighted by Crippen LogP contribution is -2.41. The Labute approximate surface area is 118 Å². The molecule has 0 radical (unpaired) electrons. The van der Waals surface area contributed by atoms with Crippen molar-refractivity contribution in [1.29, 1.82) is 0 Å². The number of hydrogen-bond acceptors (Lipinski definition) is 3. The summed E-state index contributed by atoms with van der Waals surface area (Å²) in [6, 6.07) is 8.15. The van der Waals surface area contributed by atoms with Crippen LogP contribution in [0.15, 0.2) is 29.2 Å². The van der Waals surface area contributed by atoms with Crippen LogP contribution in [-0.4, -0.2) is 29.4 Å². The second-order valence-electron chi connectivity index (χ2n) is 5.27. The van der Waals surface area contributed by atoms with Crippen LogP contribution >= 0.6 is 11.8 Å².